The largest absolute Gasteiger partial charge is 0.423 e. The van der Waals surface area contributed by atoms with E-state index in [9.17, 15) is 13.2 Å². The molecule has 0 aliphatic heterocycles. The minimum atomic E-state index is -3.53. The second-order valence-electron chi connectivity index (χ2n) is 5.32. The Morgan fingerprint density at radius 1 is 1.04 bits per heavy atom. The molecule has 0 bridgehead atoms. The van der Waals surface area contributed by atoms with E-state index in [4.69, 9.17) is 4.74 Å². The van der Waals surface area contributed by atoms with Gasteiger partial charge < -0.3 is 4.74 Å². The van der Waals surface area contributed by atoms with E-state index in [-0.39, 0.29) is 4.90 Å². The molecule has 6 heteroatoms. The minimum Gasteiger partial charge on any atom is -0.423 e. The van der Waals surface area contributed by atoms with Crippen LogP contribution in [0.3, 0.4) is 0 Å². The van der Waals surface area contributed by atoms with E-state index in [2.05, 4.69) is 0 Å². The molecule has 5 nitrogen and oxygen atoms in total. The monoisotopic (exact) mass is 347 g/mol. The number of rotatable bonds is 6. The Labute approximate surface area is 142 Å². The Kier molecular flexibility index (Phi) is 5.75. The maximum atomic E-state index is 12.4. The average Bonchev–Trinajstić information content (AvgIpc) is 2.56. The highest BCUT2D eigenvalue weighted by Gasteiger charge is 2.21. The summed E-state index contributed by atoms with van der Waals surface area (Å²) in [4.78, 5) is 12.3. The Bertz CT molecular complexity index is 809. The molecule has 0 saturated carbocycles. The maximum absolute atomic E-state index is 12.4. The summed E-state index contributed by atoms with van der Waals surface area (Å²) in [5.74, 6) is -0.0628. The summed E-state index contributed by atoms with van der Waals surface area (Å²) in [7, 11) is -3.53. The van der Waals surface area contributed by atoms with Crippen molar-refractivity contribution in [1.29, 1.82) is 0 Å². The van der Waals surface area contributed by atoms with Gasteiger partial charge >= 0.3 is 5.97 Å². The van der Waals surface area contributed by atoms with E-state index in [0.717, 1.165) is 5.56 Å². The summed E-state index contributed by atoms with van der Waals surface area (Å²) in [6.07, 6.45) is 0. The Morgan fingerprint density at radius 3 is 2.21 bits per heavy atom. The number of benzene rings is 2. The molecule has 0 unspecified atom stereocenters. The van der Waals surface area contributed by atoms with Crippen molar-refractivity contribution in [3.05, 3.63) is 59.7 Å². The summed E-state index contributed by atoms with van der Waals surface area (Å²) in [6.45, 7) is 6.28. The summed E-state index contributed by atoms with van der Waals surface area (Å²) in [6, 6.07) is 13.0. The van der Waals surface area contributed by atoms with Crippen LogP contribution in [0, 0.1) is 6.92 Å². The molecule has 0 radical (unpaired) electrons. The lowest BCUT2D eigenvalue weighted by Crippen LogP contribution is -2.30. The van der Waals surface area contributed by atoms with E-state index in [1.807, 2.05) is 13.0 Å². The molecule has 0 saturated heterocycles. The molecule has 2 aromatic rings. The first kappa shape index (κ1) is 18.2. The van der Waals surface area contributed by atoms with Gasteiger partial charge in [0, 0.05) is 13.1 Å². The Hall–Kier alpha value is -2.18. The number of carbonyl (C=O) groups excluding carboxylic acids is 1. The SMILES string of the molecule is CCN(CC)S(=O)(=O)c1ccc(C(=O)Oc2cccc(C)c2)cc1. The second kappa shape index (κ2) is 7.59. The van der Waals surface area contributed by atoms with Crippen molar-refractivity contribution in [2.24, 2.45) is 0 Å². The lowest BCUT2D eigenvalue weighted by Gasteiger charge is -2.18. The van der Waals surface area contributed by atoms with E-state index in [1.165, 1.54) is 28.6 Å². The first-order valence-corrected chi connectivity index (χ1v) is 9.21. The number of esters is 1. The quantitative estimate of drug-likeness (QED) is 0.594. The average molecular weight is 347 g/mol. The highest BCUT2D eigenvalue weighted by Crippen LogP contribution is 2.18. The van der Waals surface area contributed by atoms with Crippen LogP contribution in [0.15, 0.2) is 53.4 Å². The molecule has 0 atom stereocenters. The van der Waals surface area contributed by atoms with Crippen molar-refractivity contribution >= 4 is 16.0 Å². The van der Waals surface area contributed by atoms with E-state index < -0.39 is 16.0 Å². The van der Waals surface area contributed by atoms with Crippen LogP contribution in [0.5, 0.6) is 5.75 Å². The van der Waals surface area contributed by atoms with Crippen molar-refractivity contribution in [3.63, 3.8) is 0 Å². The lowest BCUT2D eigenvalue weighted by atomic mass is 10.2. The zero-order chi connectivity index (χ0) is 17.7. The van der Waals surface area contributed by atoms with Gasteiger partial charge in [0.05, 0.1) is 10.5 Å². The van der Waals surface area contributed by atoms with Gasteiger partial charge in [-0.05, 0) is 48.9 Å². The van der Waals surface area contributed by atoms with Crippen LogP contribution < -0.4 is 4.74 Å². The van der Waals surface area contributed by atoms with Crippen molar-refractivity contribution in [3.8, 4) is 5.75 Å². The molecular weight excluding hydrogens is 326 g/mol. The highest BCUT2D eigenvalue weighted by molar-refractivity contribution is 7.89. The van der Waals surface area contributed by atoms with Crippen LogP contribution in [0.4, 0.5) is 0 Å². The molecule has 0 fully saturated rings. The van der Waals surface area contributed by atoms with E-state index in [1.54, 1.807) is 32.0 Å². The van der Waals surface area contributed by atoms with Crippen molar-refractivity contribution in [2.45, 2.75) is 25.7 Å². The zero-order valence-electron chi connectivity index (χ0n) is 14.0. The fourth-order valence-corrected chi connectivity index (χ4v) is 3.78. The fourth-order valence-electron chi connectivity index (χ4n) is 2.32. The first-order chi connectivity index (χ1) is 11.4. The molecule has 0 heterocycles. The van der Waals surface area contributed by atoms with Crippen LogP contribution in [0.2, 0.25) is 0 Å². The Balaban J connectivity index is 2.18. The molecule has 0 amide bonds. The van der Waals surface area contributed by atoms with Crippen LogP contribution in [0.25, 0.3) is 0 Å². The van der Waals surface area contributed by atoms with Gasteiger partial charge in [0.1, 0.15) is 5.75 Å². The summed E-state index contributed by atoms with van der Waals surface area (Å²) in [5.41, 5.74) is 1.29. The second-order valence-corrected chi connectivity index (χ2v) is 7.26. The zero-order valence-corrected chi connectivity index (χ0v) is 14.8. The number of hydrogen-bond acceptors (Lipinski definition) is 4. The lowest BCUT2D eigenvalue weighted by molar-refractivity contribution is 0.0734. The molecule has 2 rings (SSSR count). The molecule has 0 aliphatic rings. The molecule has 0 aliphatic carbocycles. The topological polar surface area (TPSA) is 63.7 Å². The predicted molar refractivity (Wildman–Crippen MR) is 92.7 cm³/mol. The molecule has 128 valence electrons. The Morgan fingerprint density at radius 2 is 1.67 bits per heavy atom. The van der Waals surface area contributed by atoms with Crippen LogP contribution in [-0.4, -0.2) is 31.8 Å². The third kappa shape index (κ3) is 4.01. The molecule has 0 N–H and O–H groups in total. The number of hydrogen-bond donors (Lipinski definition) is 0. The molecule has 0 spiro atoms. The molecule has 24 heavy (non-hydrogen) atoms. The first-order valence-electron chi connectivity index (χ1n) is 7.77. The van der Waals surface area contributed by atoms with Crippen molar-refractivity contribution in [1.82, 2.24) is 4.31 Å². The van der Waals surface area contributed by atoms with Crippen LogP contribution >= 0.6 is 0 Å². The molecule has 0 aromatic heterocycles. The molecule has 2 aromatic carbocycles. The van der Waals surface area contributed by atoms with Gasteiger partial charge in [-0.3, -0.25) is 0 Å². The molecular formula is C18H21NO4S. The normalized spacial score (nSPS) is 11.5. The number of nitrogens with zero attached hydrogens (tertiary/aromatic N) is 1. The van der Waals surface area contributed by atoms with Gasteiger partial charge in [-0.1, -0.05) is 26.0 Å². The number of aryl methyl sites for hydroxylation is 1. The third-order valence-electron chi connectivity index (χ3n) is 3.63. The van der Waals surface area contributed by atoms with Gasteiger partial charge in [0.2, 0.25) is 10.0 Å². The van der Waals surface area contributed by atoms with Gasteiger partial charge in [0.25, 0.3) is 0 Å². The third-order valence-corrected chi connectivity index (χ3v) is 5.70. The summed E-state index contributed by atoms with van der Waals surface area (Å²) < 4.78 is 31.5. The fraction of sp³-hybridized carbons (Fsp3) is 0.278. The number of sulfonamides is 1. The standard InChI is InChI=1S/C18H21NO4S/c1-4-19(5-2)24(21,22)17-11-9-15(10-12-17)18(20)23-16-8-6-7-14(3)13-16/h6-13H,4-5H2,1-3H3. The van der Waals surface area contributed by atoms with Crippen LogP contribution in [0.1, 0.15) is 29.8 Å². The number of carbonyl (C=O) groups is 1. The summed E-state index contributed by atoms with van der Waals surface area (Å²) in [5, 5.41) is 0. The smallest absolute Gasteiger partial charge is 0.343 e. The van der Waals surface area contributed by atoms with Gasteiger partial charge in [-0.2, -0.15) is 4.31 Å². The van der Waals surface area contributed by atoms with Crippen molar-refractivity contribution < 1.29 is 17.9 Å². The van der Waals surface area contributed by atoms with E-state index in [0.29, 0.717) is 24.4 Å². The number of ether oxygens (including phenoxy) is 1. The van der Waals surface area contributed by atoms with E-state index >= 15 is 0 Å². The van der Waals surface area contributed by atoms with Crippen LogP contribution in [-0.2, 0) is 10.0 Å². The summed E-state index contributed by atoms with van der Waals surface area (Å²) >= 11 is 0. The predicted octanol–water partition coefficient (Wildman–Crippen LogP) is 3.24. The van der Waals surface area contributed by atoms with Gasteiger partial charge in [-0.15, -0.1) is 0 Å². The maximum Gasteiger partial charge on any atom is 0.343 e. The van der Waals surface area contributed by atoms with Crippen molar-refractivity contribution in [2.75, 3.05) is 13.1 Å². The van der Waals surface area contributed by atoms with Gasteiger partial charge in [0.15, 0.2) is 0 Å². The highest BCUT2D eigenvalue weighted by atomic mass is 32.2. The van der Waals surface area contributed by atoms with Gasteiger partial charge in [-0.25, -0.2) is 13.2 Å². The minimum absolute atomic E-state index is 0.165.